The van der Waals surface area contributed by atoms with Crippen LogP contribution in [0.2, 0.25) is 5.15 Å². The third-order valence-electron chi connectivity index (χ3n) is 1.43. The number of hydrogen-bond acceptors (Lipinski definition) is 7. The summed E-state index contributed by atoms with van der Waals surface area (Å²) in [7, 11) is 2.56. The number of nitriles is 1. The van der Waals surface area contributed by atoms with E-state index in [-0.39, 0.29) is 0 Å². The minimum Gasteiger partial charge on any atom is -0.243 e. The van der Waals surface area contributed by atoms with Gasteiger partial charge in [0.1, 0.15) is 18.0 Å². The van der Waals surface area contributed by atoms with Gasteiger partial charge in [0, 0.05) is 10.5 Å². The molecule has 0 spiro atoms. The number of rotatable bonds is 1. The van der Waals surface area contributed by atoms with Gasteiger partial charge in [0.15, 0.2) is 15.6 Å². The molecule has 74 valence electrons. The van der Waals surface area contributed by atoms with Crippen molar-refractivity contribution >= 4 is 38.3 Å². The summed E-state index contributed by atoms with van der Waals surface area (Å²) in [4.78, 5) is 11.8. The Kier molecular flexibility index (Phi) is 3.01. The fourth-order valence-corrected chi connectivity index (χ4v) is 2.79. The molecule has 0 amide bonds. The molecule has 0 saturated carbocycles. The van der Waals surface area contributed by atoms with Crippen molar-refractivity contribution in [1.82, 2.24) is 14.3 Å². The summed E-state index contributed by atoms with van der Waals surface area (Å²) in [6.45, 7) is 0. The van der Waals surface area contributed by atoms with E-state index < -0.39 is 0 Å². The molecule has 2 aromatic rings. The summed E-state index contributed by atoms with van der Waals surface area (Å²) in [6, 6.07) is 1.95. The first-order valence-corrected chi connectivity index (χ1v) is 6.16. The van der Waals surface area contributed by atoms with Crippen molar-refractivity contribution in [2.45, 2.75) is 0 Å². The summed E-state index contributed by atoms with van der Waals surface area (Å²) in [5.41, 5.74) is 0.312. The summed E-state index contributed by atoms with van der Waals surface area (Å²) in [5.74, 6) is 0.311. The van der Waals surface area contributed by atoms with E-state index in [4.69, 9.17) is 16.9 Å². The molecule has 2 aromatic heterocycles. The molecule has 5 nitrogen and oxygen atoms in total. The van der Waals surface area contributed by atoms with Gasteiger partial charge in [-0.05, 0) is 10.3 Å². The first kappa shape index (κ1) is 10.2. The topological polar surface area (TPSA) is 74.8 Å². The molecule has 0 N–H and O–H groups in total. The van der Waals surface area contributed by atoms with Crippen LogP contribution in [0.4, 0.5) is 5.82 Å². The zero-order valence-corrected chi connectivity index (χ0v) is 9.47. The molecule has 8 heteroatoms. The van der Waals surface area contributed by atoms with Crippen LogP contribution in [0.5, 0.6) is 0 Å². The second-order valence-electron chi connectivity index (χ2n) is 2.33. The number of halogens is 1. The Bertz CT molecular complexity index is 581. The molecule has 0 saturated heterocycles. The Morgan fingerprint density at radius 2 is 2.40 bits per heavy atom. The second kappa shape index (κ2) is 4.44. The maximum absolute atomic E-state index is 8.78. The lowest BCUT2D eigenvalue weighted by molar-refractivity contribution is 1.12. The van der Waals surface area contributed by atoms with Gasteiger partial charge in [0.25, 0.3) is 0 Å². The maximum atomic E-state index is 8.78. The SMILES string of the molecule is N#Cc1cncnc1N=c1ssnc1Cl. The lowest BCUT2D eigenvalue weighted by atomic mass is 10.3. The van der Waals surface area contributed by atoms with Gasteiger partial charge in [-0.25, -0.2) is 15.0 Å². The van der Waals surface area contributed by atoms with Crippen LogP contribution < -0.4 is 4.67 Å². The molecule has 0 aliphatic heterocycles. The van der Waals surface area contributed by atoms with Gasteiger partial charge < -0.3 is 0 Å². The molecule has 0 radical (unpaired) electrons. The fraction of sp³-hybridized carbons (Fsp3) is 0. The van der Waals surface area contributed by atoms with Crippen molar-refractivity contribution in [2.24, 2.45) is 4.99 Å². The third kappa shape index (κ3) is 2.18. The molecule has 0 bridgehead atoms. The summed E-state index contributed by atoms with van der Waals surface area (Å²) < 4.78 is 4.43. The zero-order chi connectivity index (χ0) is 10.7. The van der Waals surface area contributed by atoms with Gasteiger partial charge in [-0.3, -0.25) is 0 Å². The van der Waals surface area contributed by atoms with Crippen LogP contribution >= 0.6 is 32.5 Å². The number of aromatic nitrogens is 3. The smallest absolute Gasteiger partial charge is 0.179 e. The van der Waals surface area contributed by atoms with E-state index in [1.807, 2.05) is 6.07 Å². The zero-order valence-electron chi connectivity index (χ0n) is 7.09. The van der Waals surface area contributed by atoms with Crippen LogP contribution in [0.3, 0.4) is 0 Å². The van der Waals surface area contributed by atoms with Crippen LogP contribution in [-0.2, 0) is 0 Å². The van der Waals surface area contributed by atoms with Gasteiger partial charge in [0.2, 0.25) is 0 Å². The lowest BCUT2D eigenvalue weighted by Gasteiger charge is -1.91. The summed E-state index contributed by atoms with van der Waals surface area (Å²) in [6.07, 6.45) is 2.74. The molecule has 0 unspecified atom stereocenters. The molecular formula is C7H2ClN5S2. The van der Waals surface area contributed by atoms with E-state index in [9.17, 15) is 0 Å². The van der Waals surface area contributed by atoms with Crippen LogP contribution in [0, 0.1) is 11.3 Å². The normalized spacial score (nSPS) is 11.3. The van der Waals surface area contributed by atoms with Crippen molar-refractivity contribution in [3.8, 4) is 6.07 Å². The average molecular weight is 256 g/mol. The van der Waals surface area contributed by atoms with E-state index in [0.717, 1.165) is 0 Å². The minimum atomic E-state index is 0.311. The van der Waals surface area contributed by atoms with Crippen LogP contribution in [0.1, 0.15) is 5.56 Å². The highest BCUT2D eigenvalue weighted by Gasteiger charge is 2.03. The third-order valence-corrected chi connectivity index (χ3v) is 3.60. The van der Waals surface area contributed by atoms with E-state index in [0.29, 0.717) is 21.2 Å². The number of nitrogens with zero attached hydrogens (tertiary/aromatic N) is 5. The van der Waals surface area contributed by atoms with Crippen LogP contribution in [0.15, 0.2) is 17.5 Å². The van der Waals surface area contributed by atoms with Crippen LogP contribution in [-0.4, -0.2) is 14.3 Å². The van der Waals surface area contributed by atoms with E-state index in [1.165, 1.54) is 33.4 Å². The highest BCUT2D eigenvalue weighted by Crippen LogP contribution is 2.13. The molecular weight excluding hydrogens is 254 g/mol. The number of hydrogen-bond donors (Lipinski definition) is 0. The Morgan fingerprint density at radius 1 is 1.53 bits per heavy atom. The summed E-state index contributed by atoms with van der Waals surface area (Å²) in [5, 5.41) is 9.11. The van der Waals surface area contributed by atoms with E-state index in [1.54, 1.807) is 0 Å². The molecule has 2 heterocycles. The molecule has 0 fully saturated rings. The van der Waals surface area contributed by atoms with E-state index in [2.05, 4.69) is 19.3 Å². The first-order chi connectivity index (χ1) is 7.31. The average Bonchev–Trinajstić information content (AvgIpc) is 2.65. The van der Waals surface area contributed by atoms with Crippen molar-refractivity contribution < 1.29 is 0 Å². The highest BCUT2D eigenvalue weighted by atomic mass is 35.5. The predicted molar refractivity (Wildman–Crippen MR) is 57.0 cm³/mol. The van der Waals surface area contributed by atoms with Crippen molar-refractivity contribution in [1.29, 1.82) is 5.26 Å². The van der Waals surface area contributed by atoms with Gasteiger partial charge in [-0.15, -0.1) is 0 Å². The highest BCUT2D eigenvalue weighted by molar-refractivity contribution is 7.66. The Labute approximate surface area is 96.9 Å². The minimum absolute atomic E-state index is 0.311. The van der Waals surface area contributed by atoms with Gasteiger partial charge >= 0.3 is 0 Å². The molecule has 0 aliphatic carbocycles. The molecule has 15 heavy (non-hydrogen) atoms. The maximum Gasteiger partial charge on any atom is 0.179 e. The monoisotopic (exact) mass is 255 g/mol. The molecule has 0 aromatic carbocycles. The standard InChI is InChI=1S/C7H2ClN5S2/c8-5-7(14-15-13-5)12-6-4(1-9)2-10-3-11-6/h2-3H. The van der Waals surface area contributed by atoms with Crippen molar-refractivity contribution in [3.63, 3.8) is 0 Å². The first-order valence-electron chi connectivity index (χ1n) is 3.67. The molecule has 0 atom stereocenters. The van der Waals surface area contributed by atoms with Gasteiger partial charge in [-0.1, -0.05) is 11.6 Å². The lowest BCUT2D eigenvalue weighted by Crippen LogP contribution is -1.95. The quantitative estimate of drug-likeness (QED) is 0.728. The van der Waals surface area contributed by atoms with Crippen molar-refractivity contribution in [2.75, 3.05) is 0 Å². The Balaban J connectivity index is 2.59. The Morgan fingerprint density at radius 3 is 3.07 bits per heavy atom. The van der Waals surface area contributed by atoms with Gasteiger partial charge in [0.05, 0.1) is 6.20 Å². The molecule has 0 aliphatic rings. The molecule has 2 rings (SSSR count). The van der Waals surface area contributed by atoms with Gasteiger partial charge in [-0.2, -0.15) is 9.64 Å². The predicted octanol–water partition coefficient (Wildman–Crippen LogP) is 1.75. The van der Waals surface area contributed by atoms with E-state index >= 15 is 0 Å². The largest absolute Gasteiger partial charge is 0.243 e. The second-order valence-corrected chi connectivity index (χ2v) is 4.52. The fourth-order valence-electron chi connectivity index (χ4n) is 0.812. The summed E-state index contributed by atoms with van der Waals surface area (Å²) >= 11 is 5.77. The Hall–Kier alpha value is -1.36. The van der Waals surface area contributed by atoms with Crippen molar-refractivity contribution in [3.05, 3.63) is 27.9 Å². The van der Waals surface area contributed by atoms with Crippen LogP contribution in [0.25, 0.3) is 0 Å².